The van der Waals surface area contributed by atoms with E-state index in [1.54, 1.807) is 14.2 Å². The third kappa shape index (κ3) is 4.78. The molecule has 0 amide bonds. The lowest BCUT2D eigenvalue weighted by atomic mass is 10.1. The van der Waals surface area contributed by atoms with Gasteiger partial charge < -0.3 is 19.7 Å². The van der Waals surface area contributed by atoms with Gasteiger partial charge in [-0.25, -0.2) is 0 Å². The van der Waals surface area contributed by atoms with Crippen LogP contribution in [0, 0.1) is 0 Å². The third-order valence-corrected chi connectivity index (χ3v) is 3.04. The summed E-state index contributed by atoms with van der Waals surface area (Å²) in [4.78, 5) is 6.53. The number of nitrogens with zero attached hydrogens (tertiary/aromatic N) is 2. The van der Waals surface area contributed by atoms with Crippen molar-refractivity contribution in [2.45, 2.75) is 19.5 Å². The molecule has 0 aliphatic rings. The summed E-state index contributed by atoms with van der Waals surface area (Å²) < 4.78 is 10.5. The van der Waals surface area contributed by atoms with Crippen LogP contribution in [0.2, 0.25) is 0 Å². The van der Waals surface area contributed by atoms with Crippen LogP contribution in [0.4, 0.5) is 5.69 Å². The number of pyridine rings is 1. The summed E-state index contributed by atoms with van der Waals surface area (Å²) in [6.45, 7) is 5.15. The normalized spacial score (nSPS) is 12.4. The number of ether oxygens (including phenoxy) is 2. The first kappa shape index (κ1) is 15.9. The average molecular weight is 267 g/mol. The molecule has 0 saturated carbocycles. The van der Waals surface area contributed by atoms with E-state index in [2.05, 4.69) is 22.1 Å². The molecule has 1 atom stereocenters. The van der Waals surface area contributed by atoms with Gasteiger partial charge in [-0.2, -0.15) is 0 Å². The van der Waals surface area contributed by atoms with E-state index in [0.29, 0.717) is 13.2 Å². The van der Waals surface area contributed by atoms with Crippen molar-refractivity contribution in [3.8, 4) is 0 Å². The van der Waals surface area contributed by atoms with E-state index >= 15 is 0 Å². The first-order valence-corrected chi connectivity index (χ1v) is 6.56. The molecular weight excluding hydrogens is 242 g/mol. The molecule has 0 fully saturated rings. The zero-order valence-corrected chi connectivity index (χ0v) is 12.3. The lowest BCUT2D eigenvalue weighted by Crippen LogP contribution is -2.39. The number of methoxy groups -OCH3 is 2. The smallest absolute Gasteiger partial charge is 0.0663 e. The second-order valence-corrected chi connectivity index (χ2v) is 4.53. The van der Waals surface area contributed by atoms with Crippen molar-refractivity contribution in [1.29, 1.82) is 0 Å². The summed E-state index contributed by atoms with van der Waals surface area (Å²) in [5.41, 5.74) is 2.37. The lowest BCUT2D eigenvalue weighted by molar-refractivity contribution is 0.171. The number of anilines is 1. The molecule has 5 nitrogen and oxygen atoms in total. The summed E-state index contributed by atoms with van der Waals surface area (Å²) in [5, 5.41) is 3.19. The Morgan fingerprint density at radius 3 is 2.79 bits per heavy atom. The molecule has 0 radical (unpaired) electrons. The SMILES string of the molecule is CNCc1ccncc1N(CCOC)C(C)COC. The zero-order chi connectivity index (χ0) is 14.1. The molecule has 1 aromatic heterocycles. The minimum absolute atomic E-state index is 0.278. The second kappa shape index (κ2) is 8.85. The predicted molar refractivity (Wildman–Crippen MR) is 77.6 cm³/mol. The number of nitrogens with one attached hydrogen (secondary N) is 1. The van der Waals surface area contributed by atoms with Crippen LogP contribution in [0.15, 0.2) is 18.5 Å². The molecule has 0 spiro atoms. The van der Waals surface area contributed by atoms with Gasteiger partial charge in [0.15, 0.2) is 0 Å². The first-order valence-electron chi connectivity index (χ1n) is 6.56. The van der Waals surface area contributed by atoms with E-state index in [1.165, 1.54) is 5.56 Å². The molecule has 0 aliphatic heterocycles. The van der Waals surface area contributed by atoms with E-state index in [0.717, 1.165) is 18.8 Å². The lowest BCUT2D eigenvalue weighted by Gasteiger charge is -2.32. The molecule has 0 aliphatic carbocycles. The Bertz CT molecular complexity index is 360. The van der Waals surface area contributed by atoms with Crippen molar-refractivity contribution in [1.82, 2.24) is 10.3 Å². The van der Waals surface area contributed by atoms with Crippen molar-refractivity contribution < 1.29 is 9.47 Å². The molecule has 1 N–H and O–H groups in total. The molecule has 1 aromatic rings. The van der Waals surface area contributed by atoms with Crippen molar-refractivity contribution in [2.75, 3.05) is 45.9 Å². The Hall–Kier alpha value is -1.17. The number of aromatic nitrogens is 1. The molecule has 19 heavy (non-hydrogen) atoms. The quantitative estimate of drug-likeness (QED) is 0.730. The number of rotatable bonds is 9. The maximum Gasteiger partial charge on any atom is 0.0663 e. The Morgan fingerprint density at radius 2 is 2.16 bits per heavy atom. The Labute approximate surface area is 115 Å². The molecule has 0 saturated heterocycles. The molecular formula is C14H25N3O2. The van der Waals surface area contributed by atoms with Crippen molar-refractivity contribution in [3.05, 3.63) is 24.0 Å². The highest BCUT2D eigenvalue weighted by atomic mass is 16.5. The van der Waals surface area contributed by atoms with Crippen LogP contribution in [0.25, 0.3) is 0 Å². The van der Waals surface area contributed by atoms with E-state index < -0.39 is 0 Å². The fourth-order valence-corrected chi connectivity index (χ4v) is 2.11. The third-order valence-electron chi connectivity index (χ3n) is 3.04. The summed E-state index contributed by atoms with van der Waals surface area (Å²) in [5.74, 6) is 0. The summed E-state index contributed by atoms with van der Waals surface area (Å²) in [7, 11) is 5.39. The van der Waals surface area contributed by atoms with Crippen LogP contribution in [-0.2, 0) is 16.0 Å². The minimum atomic E-state index is 0.278. The maximum absolute atomic E-state index is 5.27. The minimum Gasteiger partial charge on any atom is -0.383 e. The summed E-state index contributed by atoms with van der Waals surface area (Å²) in [6, 6.07) is 2.32. The van der Waals surface area contributed by atoms with Crippen molar-refractivity contribution in [3.63, 3.8) is 0 Å². The van der Waals surface area contributed by atoms with Gasteiger partial charge in [-0.15, -0.1) is 0 Å². The van der Waals surface area contributed by atoms with Crippen molar-refractivity contribution in [2.24, 2.45) is 0 Å². The fraction of sp³-hybridized carbons (Fsp3) is 0.643. The van der Waals surface area contributed by atoms with Gasteiger partial charge in [0.1, 0.15) is 0 Å². The highest BCUT2D eigenvalue weighted by Gasteiger charge is 2.17. The van der Waals surface area contributed by atoms with Gasteiger partial charge in [0.05, 0.1) is 25.1 Å². The van der Waals surface area contributed by atoms with Crippen molar-refractivity contribution >= 4 is 5.69 Å². The van der Waals surface area contributed by atoms with E-state index in [4.69, 9.17) is 9.47 Å². The standard InChI is InChI=1S/C14H25N3O2/c1-12(11-19-4)17(7-8-18-3)14-10-16-6-5-13(14)9-15-2/h5-6,10,12,15H,7-9,11H2,1-4H3. The first-order chi connectivity index (χ1) is 9.24. The molecule has 1 unspecified atom stereocenters. The van der Waals surface area contributed by atoms with E-state index in [9.17, 15) is 0 Å². The topological polar surface area (TPSA) is 46.6 Å². The number of hydrogen-bond acceptors (Lipinski definition) is 5. The zero-order valence-electron chi connectivity index (χ0n) is 12.3. The Morgan fingerprint density at radius 1 is 1.37 bits per heavy atom. The van der Waals surface area contributed by atoms with Gasteiger partial charge in [-0.05, 0) is 25.6 Å². The van der Waals surface area contributed by atoms with Gasteiger partial charge >= 0.3 is 0 Å². The molecule has 1 heterocycles. The summed E-state index contributed by atoms with van der Waals surface area (Å²) >= 11 is 0. The Kier molecular flexibility index (Phi) is 7.40. The molecule has 1 rings (SSSR count). The van der Waals surface area contributed by atoms with Gasteiger partial charge in [-0.1, -0.05) is 0 Å². The molecule has 0 aromatic carbocycles. The summed E-state index contributed by atoms with van der Waals surface area (Å²) in [6.07, 6.45) is 3.74. The molecule has 5 heteroatoms. The van der Waals surface area contributed by atoms with Crippen LogP contribution in [0.3, 0.4) is 0 Å². The Balaban J connectivity index is 2.94. The second-order valence-electron chi connectivity index (χ2n) is 4.53. The van der Waals surface area contributed by atoms with Gasteiger partial charge in [-0.3, -0.25) is 4.98 Å². The van der Waals surface area contributed by atoms with Crippen LogP contribution in [0.1, 0.15) is 12.5 Å². The van der Waals surface area contributed by atoms with Gasteiger partial charge in [0.25, 0.3) is 0 Å². The largest absolute Gasteiger partial charge is 0.383 e. The van der Waals surface area contributed by atoms with Gasteiger partial charge in [0, 0.05) is 39.5 Å². The molecule has 0 bridgehead atoms. The highest BCUT2D eigenvalue weighted by Crippen LogP contribution is 2.21. The van der Waals surface area contributed by atoms with Crippen LogP contribution < -0.4 is 10.2 Å². The van der Waals surface area contributed by atoms with Gasteiger partial charge in [0.2, 0.25) is 0 Å². The van der Waals surface area contributed by atoms with Crippen LogP contribution >= 0.6 is 0 Å². The van der Waals surface area contributed by atoms with Crippen LogP contribution in [0.5, 0.6) is 0 Å². The highest BCUT2D eigenvalue weighted by molar-refractivity contribution is 5.52. The molecule has 108 valence electrons. The van der Waals surface area contributed by atoms with Crippen LogP contribution in [-0.4, -0.2) is 52.1 Å². The fourth-order valence-electron chi connectivity index (χ4n) is 2.11. The van der Waals surface area contributed by atoms with E-state index in [-0.39, 0.29) is 6.04 Å². The van der Waals surface area contributed by atoms with E-state index in [1.807, 2.05) is 25.5 Å². The number of hydrogen-bond donors (Lipinski definition) is 1. The monoisotopic (exact) mass is 267 g/mol. The average Bonchev–Trinajstić information content (AvgIpc) is 2.41. The maximum atomic E-state index is 5.27. The predicted octanol–water partition coefficient (Wildman–Crippen LogP) is 1.29.